The molecule has 2 aromatic heterocycles. The second-order valence-corrected chi connectivity index (χ2v) is 5.08. The summed E-state index contributed by atoms with van der Waals surface area (Å²) in [4.78, 5) is 23.6. The highest BCUT2D eigenvalue weighted by Crippen LogP contribution is 2.18. The molecule has 3 aromatic rings. The van der Waals surface area contributed by atoms with Crippen molar-refractivity contribution >= 4 is 11.7 Å². The first-order valence-electron chi connectivity index (χ1n) is 7.36. The van der Waals surface area contributed by atoms with Crippen molar-refractivity contribution in [3.8, 4) is 17.0 Å². The van der Waals surface area contributed by atoms with Crippen molar-refractivity contribution in [2.45, 2.75) is 19.9 Å². The summed E-state index contributed by atoms with van der Waals surface area (Å²) in [6, 6.07) is 6.89. The normalized spacial score (nSPS) is 10.9. The minimum absolute atomic E-state index is 0.0778. The molecule has 124 valence electrons. The Hall–Kier alpha value is -3.23. The number of aliphatic carboxylic acids is 1. The van der Waals surface area contributed by atoms with Crippen LogP contribution in [0, 0.1) is 0 Å². The Bertz CT molecular complexity index is 929. The molecule has 3 rings (SSSR count). The molecule has 0 spiro atoms. The van der Waals surface area contributed by atoms with Crippen molar-refractivity contribution in [2.75, 3.05) is 6.61 Å². The zero-order valence-corrected chi connectivity index (χ0v) is 12.9. The van der Waals surface area contributed by atoms with Crippen LogP contribution in [0.15, 0.2) is 35.4 Å². The minimum Gasteiger partial charge on any atom is -0.494 e. The summed E-state index contributed by atoms with van der Waals surface area (Å²) in [5, 5.41) is 20.6. The Balaban J connectivity index is 2.07. The first-order valence-corrected chi connectivity index (χ1v) is 7.36. The van der Waals surface area contributed by atoms with Gasteiger partial charge in [0, 0.05) is 5.56 Å². The maximum atomic E-state index is 12.6. The fourth-order valence-corrected chi connectivity index (χ4v) is 2.23. The number of nitrogens with zero attached hydrogens (tertiary/aromatic N) is 5. The molecule has 9 heteroatoms. The number of hydrogen-bond donors (Lipinski definition) is 1. The van der Waals surface area contributed by atoms with Gasteiger partial charge in [-0.25, -0.2) is 0 Å². The predicted molar refractivity (Wildman–Crippen MR) is 83.9 cm³/mol. The fourth-order valence-electron chi connectivity index (χ4n) is 2.23. The molecule has 1 aromatic carbocycles. The van der Waals surface area contributed by atoms with Gasteiger partial charge in [-0.05, 0) is 30.7 Å². The van der Waals surface area contributed by atoms with Crippen LogP contribution < -0.4 is 10.3 Å². The number of carbonyl (C=O) groups is 1. The third-order valence-corrected chi connectivity index (χ3v) is 3.30. The van der Waals surface area contributed by atoms with Gasteiger partial charge >= 0.3 is 5.97 Å². The van der Waals surface area contributed by atoms with Crippen LogP contribution in [0.4, 0.5) is 0 Å². The fraction of sp³-hybridized carbons (Fsp3) is 0.267. The summed E-state index contributed by atoms with van der Waals surface area (Å²) in [7, 11) is 0. The van der Waals surface area contributed by atoms with Crippen LogP contribution in [0.2, 0.25) is 0 Å². The molecule has 0 saturated carbocycles. The van der Waals surface area contributed by atoms with Gasteiger partial charge in [-0.15, -0.1) is 10.2 Å². The highest BCUT2D eigenvalue weighted by Gasteiger charge is 2.16. The summed E-state index contributed by atoms with van der Waals surface area (Å²) in [6.07, 6.45) is 2.21. The lowest BCUT2D eigenvalue weighted by Crippen LogP contribution is -2.29. The van der Waals surface area contributed by atoms with Gasteiger partial charge in [-0.1, -0.05) is 6.92 Å². The smallest absolute Gasteiger partial charge is 0.323 e. The average Bonchev–Trinajstić information content (AvgIpc) is 3.04. The Morgan fingerprint density at radius 1 is 1.29 bits per heavy atom. The molecule has 9 nitrogen and oxygen atoms in total. The summed E-state index contributed by atoms with van der Waals surface area (Å²) in [5.41, 5.74) is 0.129. The maximum Gasteiger partial charge on any atom is 0.323 e. The zero-order valence-electron chi connectivity index (χ0n) is 12.9. The van der Waals surface area contributed by atoms with E-state index in [2.05, 4.69) is 15.3 Å². The van der Waals surface area contributed by atoms with Gasteiger partial charge in [0.25, 0.3) is 11.3 Å². The third-order valence-electron chi connectivity index (χ3n) is 3.30. The third kappa shape index (κ3) is 2.96. The molecule has 0 amide bonds. The number of ether oxygens (including phenoxy) is 1. The summed E-state index contributed by atoms with van der Waals surface area (Å²) >= 11 is 0. The molecule has 0 aliphatic rings. The van der Waals surface area contributed by atoms with Gasteiger partial charge in [0.1, 0.15) is 18.6 Å². The molecule has 0 radical (unpaired) electrons. The van der Waals surface area contributed by atoms with E-state index in [1.54, 1.807) is 24.3 Å². The zero-order chi connectivity index (χ0) is 17.1. The molecule has 1 N–H and O–H groups in total. The van der Waals surface area contributed by atoms with Crippen LogP contribution >= 0.6 is 0 Å². The first kappa shape index (κ1) is 15.7. The van der Waals surface area contributed by atoms with Crippen molar-refractivity contribution in [1.82, 2.24) is 24.4 Å². The molecule has 0 aliphatic carbocycles. The lowest BCUT2D eigenvalue weighted by molar-refractivity contribution is -0.137. The van der Waals surface area contributed by atoms with E-state index < -0.39 is 18.1 Å². The van der Waals surface area contributed by atoms with E-state index >= 15 is 0 Å². The second kappa shape index (κ2) is 6.49. The quantitative estimate of drug-likeness (QED) is 0.712. The van der Waals surface area contributed by atoms with E-state index in [4.69, 9.17) is 9.84 Å². The molecular weight excluding hydrogens is 314 g/mol. The number of carboxylic acid groups (broad SMARTS) is 1. The Morgan fingerprint density at radius 2 is 2.04 bits per heavy atom. The monoisotopic (exact) mass is 329 g/mol. The molecule has 24 heavy (non-hydrogen) atoms. The van der Waals surface area contributed by atoms with Crippen molar-refractivity contribution in [2.24, 2.45) is 0 Å². The average molecular weight is 329 g/mol. The van der Waals surface area contributed by atoms with Gasteiger partial charge in [-0.3, -0.25) is 14.2 Å². The number of hydrogen-bond acceptors (Lipinski definition) is 6. The van der Waals surface area contributed by atoms with E-state index in [0.717, 1.165) is 11.0 Å². The lowest BCUT2D eigenvalue weighted by Gasteiger charge is -2.08. The molecular formula is C15H15N5O4. The number of carboxylic acids is 1. The van der Waals surface area contributed by atoms with E-state index in [0.29, 0.717) is 17.9 Å². The van der Waals surface area contributed by atoms with Crippen molar-refractivity contribution in [3.63, 3.8) is 0 Å². The van der Waals surface area contributed by atoms with Crippen LogP contribution in [-0.2, 0) is 11.3 Å². The van der Waals surface area contributed by atoms with E-state index in [-0.39, 0.29) is 11.5 Å². The van der Waals surface area contributed by atoms with E-state index in [9.17, 15) is 9.59 Å². The van der Waals surface area contributed by atoms with E-state index in [1.807, 2.05) is 6.92 Å². The molecule has 0 unspecified atom stereocenters. The van der Waals surface area contributed by atoms with Gasteiger partial charge in [-0.2, -0.15) is 9.61 Å². The largest absolute Gasteiger partial charge is 0.494 e. The van der Waals surface area contributed by atoms with Gasteiger partial charge in [0.15, 0.2) is 5.69 Å². The number of fused-ring (bicyclic) bond motifs is 1. The summed E-state index contributed by atoms with van der Waals surface area (Å²) < 4.78 is 7.81. The lowest BCUT2D eigenvalue weighted by atomic mass is 10.1. The second-order valence-electron chi connectivity index (χ2n) is 5.08. The minimum atomic E-state index is -1.15. The Labute approximate surface area is 136 Å². The summed E-state index contributed by atoms with van der Waals surface area (Å²) in [5.74, 6) is -0.381. The van der Waals surface area contributed by atoms with Gasteiger partial charge < -0.3 is 9.84 Å². The van der Waals surface area contributed by atoms with E-state index in [1.165, 1.54) is 10.8 Å². The summed E-state index contributed by atoms with van der Waals surface area (Å²) in [6.45, 7) is 2.10. The van der Waals surface area contributed by atoms with Crippen LogP contribution in [-0.4, -0.2) is 42.1 Å². The van der Waals surface area contributed by atoms with Crippen LogP contribution in [0.5, 0.6) is 5.75 Å². The molecule has 0 aliphatic heterocycles. The SMILES string of the molecule is CCCOc1ccc(-c2nn3cnnc3n(CC(=O)O)c2=O)cc1. The van der Waals surface area contributed by atoms with Gasteiger partial charge in [0.2, 0.25) is 0 Å². The number of benzene rings is 1. The molecule has 0 atom stereocenters. The topological polar surface area (TPSA) is 112 Å². The maximum absolute atomic E-state index is 12.6. The van der Waals surface area contributed by atoms with Crippen LogP contribution in [0.1, 0.15) is 13.3 Å². The van der Waals surface area contributed by atoms with Crippen molar-refractivity contribution in [3.05, 3.63) is 40.9 Å². The standard InChI is InChI=1S/C15H15N5O4/c1-2-7-24-11-5-3-10(4-6-11)13-14(23)19(8-12(21)22)15-17-16-9-20(15)18-13/h3-6,9H,2,7-8H2,1H3,(H,21,22). The molecule has 0 bridgehead atoms. The molecule has 0 fully saturated rings. The van der Waals surface area contributed by atoms with Crippen molar-refractivity contribution in [1.29, 1.82) is 0 Å². The number of rotatable bonds is 6. The molecule has 0 saturated heterocycles. The van der Waals surface area contributed by atoms with Gasteiger partial charge in [0.05, 0.1) is 6.61 Å². The molecule has 2 heterocycles. The highest BCUT2D eigenvalue weighted by atomic mass is 16.5. The van der Waals surface area contributed by atoms with Crippen LogP contribution in [0.3, 0.4) is 0 Å². The number of aromatic nitrogens is 5. The first-order chi connectivity index (χ1) is 11.6. The Morgan fingerprint density at radius 3 is 2.71 bits per heavy atom. The van der Waals surface area contributed by atoms with Crippen molar-refractivity contribution < 1.29 is 14.6 Å². The predicted octanol–water partition coefficient (Wildman–Crippen LogP) is 0.826. The Kier molecular flexibility index (Phi) is 4.23. The highest BCUT2D eigenvalue weighted by molar-refractivity contribution is 5.68. The van der Waals surface area contributed by atoms with Crippen LogP contribution in [0.25, 0.3) is 17.0 Å².